The summed E-state index contributed by atoms with van der Waals surface area (Å²) in [5.74, 6) is 1.75. The van der Waals surface area contributed by atoms with Crippen molar-refractivity contribution in [3.63, 3.8) is 0 Å². The maximum Gasteiger partial charge on any atom is 0.244 e. The molecule has 1 aromatic heterocycles. The van der Waals surface area contributed by atoms with Crippen LogP contribution >= 0.6 is 0 Å². The molecule has 4 rings (SSSR count). The molecule has 0 saturated carbocycles. The van der Waals surface area contributed by atoms with Gasteiger partial charge in [0.2, 0.25) is 5.91 Å². The van der Waals surface area contributed by atoms with E-state index in [9.17, 15) is 4.79 Å². The molecule has 0 N–H and O–H groups in total. The van der Waals surface area contributed by atoms with E-state index in [-0.39, 0.29) is 12.5 Å². The Labute approximate surface area is 171 Å². The zero-order chi connectivity index (χ0) is 19.9. The molecule has 2 aliphatic rings. The number of ether oxygens (including phenoxy) is 1. The molecule has 0 unspecified atom stereocenters. The second-order valence-electron chi connectivity index (χ2n) is 7.62. The first-order valence-electron chi connectivity index (χ1n) is 10.4. The number of nitrogens with zero attached hydrogens (tertiary/aromatic N) is 7. The SMILES string of the molecule is O=C(Cn1nnnc1CN1CCCC1)N1CCN(CCOc2ccccc2)CC1. The van der Waals surface area contributed by atoms with E-state index in [1.165, 1.54) is 12.8 Å². The summed E-state index contributed by atoms with van der Waals surface area (Å²) in [6, 6.07) is 9.86. The Balaban J connectivity index is 1.19. The minimum atomic E-state index is 0.0835. The van der Waals surface area contributed by atoms with Crippen molar-refractivity contribution in [3.05, 3.63) is 36.2 Å². The number of likely N-dealkylation sites (tertiary alicyclic amines) is 1. The highest BCUT2D eigenvalue weighted by Gasteiger charge is 2.23. The van der Waals surface area contributed by atoms with Gasteiger partial charge in [-0.15, -0.1) is 5.10 Å². The van der Waals surface area contributed by atoms with Gasteiger partial charge in [0.25, 0.3) is 0 Å². The summed E-state index contributed by atoms with van der Waals surface area (Å²) in [6.07, 6.45) is 2.45. The summed E-state index contributed by atoms with van der Waals surface area (Å²) < 4.78 is 7.42. The number of piperazine rings is 1. The maximum absolute atomic E-state index is 12.7. The standard InChI is InChI=1S/C20H29N7O2/c28-20(17-27-19(21-22-23-27)16-25-8-4-5-9-25)26-12-10-24(11-13-26)14-15-29-18-6-2-1-3-7-18/h1-3,6-7H,4-5,8-17H2. The van der Waals surface area contributed by atoms with E-state index in [1.54, 1.807) is 4.68 Å². The number of para-hydroxylation sites is 1. The van der Waals surface area contributed by atoms with Gasteiger partial charge < -0.3 is 9.64 Å². The smallest absolute Gasteiger partial charge is 0.244 e. The molecule has 2 saturated heterocycles. The van der Waals surface area contributed by atoms with Crippen molar-refractivity contribution in [2.75, 3.05) is 52.4 Å². The topological polar surface area (TPSA) is 79.6 Å². The Morgan fingerprint density at radius 2 is 1.72 bits per heavy atom. The van der Waals surface area contributed by atoms with E-state index < -0.39 is 0 Å². The molecule has 156 valence electrons. The minimum absolute atomic E-state index is 0.0835. The van der Waals surface area contributed by atoms with Gasteiger partial charge in [-0.1, -0.05) is 18.2 Å². The summed E-state index contributed by atoms with van der Waals surface area (Å²) in [5.41, 5.74) is 0. The van der Waals surface area contributed by atoms with Crippen molar-refractivity contribution in [1.82, 2.24) is 34.9 Å². The molecule has 3 heterocycles. The summed E-state index contributed by atoms with van der Waals surface area (Å²) in [7, 11) is 0. The quantitative estimate of drug-likeness (QED) is 0.639. The van der Waals surface area contributed by atoms with Gasteiger partial charge in [0.1, 0.15) is 18.9 Å². The van der Waals surface area contributed by atoms with Crippen molar-refractivity contribution in [1.29, 1.82) is 0 Å². The highest BCUT2D eigenvalue weighted by molar-refractivity contribution is 5.76. The molecule has 0 spiro atoms. The molecule has 2 fully saturated rings. The van der Waals surface area contributed by atoms with Crippen molar-refractivity contribution < 1.29 is 9.53 Å². The molecule has 2 aliphatic heterocycles. The predicted octanol–water partition coefficient (Wildman–Crippen LogP) is 0.492. The fraction of sp³-hybridized carbons (Fsp3) is 0.600. The van der Waals surface area contributed by atoms with E-state index >= 15 is 0 Å². The first kappa shape index (κ1) is 19.8. The molecule has 0 radical (unpaired) electrons. The second-order valence-corrected chi connectivity index (χ2v) is 7.62. The van der Waals surface area contributed by atoms with E-state index in [0.29, 0.717) is 6.61 Å². The van der Waals surface area contributed by atoms with Crippen molar-refractivity contribution in [2.45, 2.75) is 25.9 Å². The van der Waals surface area contributed by atoms with Crippen LogP contribution in [0, 0.1) is 0 Å². The molecule has 0 atom stereocenters. The van der Waals surface area contributed by atoms with E-state index in [1.807, 2.05) is 35.2 Å². The molecule has 1 amide bonds. The van der Waals surface area contributed by atoms with Gasteiger partial charge in [-0.3, -0.25) is 14.6 Å². The fourth-order valence-corrected chi connectivity index (χ4v) is 3.86. The highest BCUT2D eigenvalue weighted by atomic mass is 16.5. The first-order chi connectivity index (χ1) is 14.3. The molecule has 1 aromatic carbocycles. The Morgan fingerprint density at radius 1 is 0.966 bits per heavy atom. The van der Waals surface area contributed by atoms with Crippen molar-refractivity contribution in [2.24, 2.45) is 0 Å². The molecule has 2 aromatic rings. The second kappa shape index (κ2) is 9.80. The van der Waals surface area contributed by atoms with Gasteiger partial charge in [-0.2, -0.15) is 0 Å². The van der Waals surface area contributed by atoms with Crippen LogP contribution in [0.1, 0.15) is 18.7 Å². The molecule has 0 aliphatic carbocycles. The number of rotatable bonds is 8. The van der Waals surface area contributed by atoms with Crippen LogP contribution < -0.4 is 4.74 Å². The Bertz CT molecular complexity index is 768. The van der Waals surface area contributed by atoms with Crippen molar-refractivity contribution in [3.8, 4) is 5.75 Å². The lowest BCUT2D eigenvalue weighted by Gasteiger charge is -2.34. The fourth-order valence-electron chi connectivity index (χ4n) is 3.86. The number of amides is 1. The van der Waals surface area contributed by atoms with Crippen LogP contribution in [0.25, 0.3) is 0 Å². The van der Waals surface area contributed by atoms with Gasteiger partial charge >= 0.3 is 0 Å². The predicted molar refractivity (Wildman–Crippen MR) is 107 cm³/mol. The van der Waals surface area contributed by atoms with Gasteiger partial charge in [0, 0.05) is 32.7 Å². The largest absolute Gasteiger partial charge is 0.492 e. The van der Waals surface area contributed by atoms with Crippen LogP contribution in [-0.4, -0.2) is 93.2 Å². The van der Waals surface area contributed by atoms with Crippen LogP contribution in [0.5, 0.6) is 5.75 Å². The Morgan fingerprint density at radius 3 is 2.48 bits per heavy atom. The lowest BCUT2D eigenvalue weighted by molar-refractivity contribution is -0.133. The zero-order valence-corrected chi connectivity index (χ0v) is 16.8. The summed E-state index contributed by atoms with van der Waals surface area (Å²) in [4.78, 5) is 19.3. The Kier molecular flexibility index (Phi) is 6.68. The first-order valence-corrected chi connectivity index (χ1v) is 10.4. The third-order valence-corrected chi connectivity index (χ3v) is 5.60. The zero-order valence-electron chi connectivity index (χ0n) is 16.8. The Hall–Kier alpha value is -2.52. The van der Waals surface area contributed by atoms with Crippen LogP contribution in [-0.2, 0) is 17.9 Å². The highest BCUT2D eigenvalue weighted by Crippen LogP contribution is 2.11. The van der Waals surface area contributed by atoms with E-state index in [2.05, 4.69) is 25.3 Å². The molecule has 0 bridgehead atoms. The number of hydrogen-bond donors (Lipinski definition) is 0. The molecule has 9 nitrogen and oxygen atoms in total. The van der Waals surface area contributed by atoms with Crippen LogP contribution in [0.2, 0.25) is 0 Å². The maximum atomic E-state index is 12.7. The molecule has 29 heavy (non-hydrogen) atoms. The summed E-state index contributed by atoms with van der Waals surface area (Å²) in [5, 5.41) is 11.9. The average Bonchev–Trinajstić information content (AvgIpc) is 3.42. The van der Waals surface area contributed by atoms with Crippen LogP contribution in [0.4, 0.5) is 0 Å². The van der Waals surface area contributed by atoms with Gasteiger partial charge in [-0.25, -0.2) is 4.68 Å². The number of tetrazole rings is 1. The minimum Gasteiger partial charge on any atom is -0.492 e. The number of carbonyl (C=O) groups is 1. The van der Waals surface area contributed by atoms with Gasteiger partial charge in [0.15, 0.2) is 5.82 Å². The third kappa shape index (κ3) is 5.51. The number of carbonyl (C=O) groups excluding carboxylic acids is 1. The number of aromatic nitrogens is 4. The summed E-state index contributed by atoms with van der Waals surface area (Å²) >= 11 is 0. The molecular formula is C20H29N7O2. The molecule has 9 heteroatoms. The van der Waals surface area contributed by atoms with Crippen LogP contribution in [0.15, 0.2) is 30.3 Å². The van der Waals surface area contributed by atoms with E-state index in [0.717, 1.165) is 63.9 Å². The normalized spacial score (nSPS) is 18.3. The lowest BCUT2D eigenvalue weighted by Crippen LogP contribution is -2.50. The van der Waals surface area contributed by atoms with Crippen molar-refractivity contribution >= 4 is 5.91 Å². The average molecular weight is 399 g/mol. The van der Waals surface area contributed by atoms with Gasteiger partial charge in [0.05, 0.1) is 6.54 Å². The molecular weight excluding hydrogens is 370 g/mol. The third-order valence-electron chi connectivity index (χ3n) is 5.60. The summed E-state index contributed by atoms with van der Waals surface area (Å²) in [6.45, 7) is 7.80. The monoisotopic (exact) mass is 399 g/mol. The number of benzene rings is 1. The van der Waals surface area contributed by atoms with Gasteiger partial charge in [-0.05, 0) is 48.5 Å². The van der Waals surface area contributed by atoms with Crippen LogP contribution in [0.3, 0.4) is 0 Å². The number of hydrogen-bond acceptors (Lipinski definition) is 7. The van der Waals surface area contributed by atoms with E-state index in [4.69, 9.17) is 4.74 Å². The lowest BCUT2D eigenvalue weighted by atomic mass is 10.3.